The molecule has 3 heteroatoms. The van der Waals surface area contributed by atoms with Gasteiger partial charge in [-0.3, -0.25) is 0 Å². The van der Waals surface area contributed by atoms with Gasteiger partial charge in [-0.15, -0.1) is 0 Å². The van der Waals surface area contributed by atoms with Gasteiger partial charge in [0.15, 0.2) is 0 Å². The Balaban J connectivity index is 1.57. The average Bonchev–Trinajstić information content (AvgIpc) is 2.78. The van der Waals surface area contributed by atoms with E-state index in [4.69, 9.17) is 14.5 Å². The Bertz CT molecular complexity index is 1000. The SMILES string of the molecule is c1ccc(OCc2ccc(COc3ccccc3)c(-c3ccccc3)n2)cc1. The molecule has 0 amide bonds. The van der Waals surface area contributed by atoms with E-state index in [9.17, 15) is 0 Å². The molecule has 0 aliphatic carbocycles. The van der Waals surface area contributed by atoms with Crippen LogP contribution in [0, 0.1) is 0 Å². The summed E-state index contributed by atoms with van der Waals surface area (Å²) in [5.74, 6) is 1.68. The first kappa shape index (κ1) is 17.8. The van der Waals surface area contributed by atoms with Gasteiger partial charge in [0.05, 0.1) is 11.4 Å². The van der Waals surface area contributed by atoms with E-state index in [1.807, 2.05) is 84.9 Å². The molecule has 0 aliphatic heterocycles. The molecule has 1 aromatic heterocycles. The molecule has 0 bridgehead atoms. The number of rotatable bonds is 7. The molecule has 0 unspecified atom stereocenters. The van der Waals surface area contributed by atoms with Gasteiger partial charge in [0.2, 0.25) is 0 Å². The third kappa shape index (κ3) is 4.57. The van der Waals surface area contributed by atoms with Crippen molar-refractivity contribution in [1.29, 1.82) is 0 Å². The van der Waals surface area contributed by atoms with Gasteiger partial charge >= 0.3 is 0 Å². The maximum absolute atomic E-state index is 5.95. The predicted octanol–water partition coefficient (Wildman–Crippen LogP) is 5.91. The van der Waals surface area contributed by atoms with Crippen molar-refractivity contribution in [1.82, 2.24) is 4.98 Å². The average molecular weight is 367 g/mol. The third-order valence-corrected chi connectivity index (χ3v) is 4.35. The summed E-state index contributed by atoms with van der Waals surface area (Å²) in [6.07, 6.45) is 0. The quantitative estimate of drug-likeness (QED) is 0.407. The second kappa shape index (κ2) is 8.87. The Hall–Kier alpha value is -3.59. The summed E-state index contributed by atoms with van der Waals surface area (Å²) in [5.41, 5.74) is 3.91. The van der Waals surface area contributed by atoms with Gasteiger partial charge < -0.3 is 9.47 Å². The van der Waals surface area contributed by atoms with Crippen LogP contribution in [0.5, 0.6) is 11.5 Å². The standard InChI is InChI=1S/C25H21NO2/c1-4-10-20(11-5-1)25-21(18-27-23-12-6-2-7-13-23)16-17-22(26-25)19-28-24-14-8-3-9-15-24/h1-17H,18-19H2. The molecule has 4 rings (SSSR count). The molecule has 28 heavy (non-hydrogen) atoms. The number of aromatic nitrogens is 1. The van der Waals surface area contributed by atoms with Crippen molar-refractivity contribution in [2.45, 2.75) is 13.2 Å². The summed E-state index contributed by atoms with van der Waals surface area (Å²) >= 11 is 0. The number of hydrogen-bond donors (Lipinski definition) is 0. The zero-order valence-electron chi connectivity index (χ0n) is 15.5. The fourth-order valence-corrected chi connectivity index (χ4v) is 2.92. The van der Waals surface area contributed by atoms with Crippen molar-refractivity contribution in [3.63, 3.8) is 0 Å². The van der Waals surface area contributed by atoms with Crippen LogP contribution in [-0.4, -0.2) is 4.98 Å². The van der Waals surface area contributed by atoms with E-state index in [-0.39, 0.29) is 0 Å². The van der Waals surface area contributed by atoms with Crippen LogP contribution in [0.25, 0.3) is 11.3 Å². The van der Waals surface area contributed by atoms with E-state index in [1.165, 1.54) is 0 Å². The van der Waals surface area contributed by atoms with Crippen LogP contribution in [0.15, 0.2) is 103 Å². The Kier molecular flexibility index (Phi) is 5.64. The molecule has 0 saturated heterocycles. The van der Waals surface area contributed by atoms with Crippen LogP contribution < -0.4 is 9.47 Å². The maximum Gasteiger partial charge on any atom is 0.130 e. The minimum Gasteiger partial charge on any atom is -0.489 e. The predicted molar refractivity (Wildman–Crippen MR) is 111 cm³/mol. The zero-order valence-corrected chi connectivity index (χ0v) is 15.5. The molecule has 3 aromatic carbocycles. The molecule has 3 nitrogen and oxygen atoms in total. The van der Waals surface area contributed by atoms with Gasteiger partial charge in [-0.05, 0) is 30.3 Å². The molecule has 0 N–H and O–H groups in total. The molecule has 0 fully saturated rings. The smallest absolute Gasteiger partial charge is 0.130 e. The second-order valence-corrected chi connectivity index (χ2v) is 6.38. The van der Waals surface area contributed by atoms with Crippen LogP contribution in [-0.2, 0) is 13.2 Å². The summed E-state index contributed by atoms with van der Waals surface area (Å²) in [4.78, 5) is 4.87. The number of pyridine rings is 1. The molecule has 0 atom stereocenters. The number of hydrogen-bond acceptors (Lipinski definition) is 3. The largest absolute Gasteiger partial charge is 0.489 e. The van der Waals surface area contributed by atoms with Gasteiger partial charge in [0.1, 0.15) is 24.7 Å². The van der Waals surface area contributed by atoms with Crippen LogP contribution in [0.3, 0.4) is 0 Å². The summed E-state index contributed by atoms with van der Waals surface area (Å²) < 4.78 is 11.8. The highest BCUT2D eigenvalue weighted by Crippen LogP contribution is 2.24. The molecule has 0 radical (unpaired) electrons. The summed E-state index contributed by atoms with van der Waals surface area (Å²) in [5, 5.41) is 0. The van der Waals surface area contributed by atoms with Gasteiger partial charge in [0, 0.05) is 11.1 Å². The minimum atomic E-state index is 0.420. The highest BCUT2D eigenvalue weighted by molar-refractivity contribution is 5.63. The van der Waals surface area contributed by atoms with Crippen LogP contribution >= 0.6 is 0 Å². The Labute approximate surface area is 165 Å². The lowest BCUT2D eigenvalue weighted by atomic mass is 10.1. The van der Waals surface area contributed by atoms with Crippen LogP contribution in [0.1, 0.15) is 11.3 Å². The number of ether oxygens (including phenoxy) is 2. The van der Waals surface area contributed by atoms with Gasteiger partial charge in [-0.1, -0.05) is 72.8 Å². The molecular weight excluding hydrogens is 346 g/mol. The first-order valence-electron chi connectivity index (χ1n) is 9.28. The number of benzene rings is 3. The van der Waals surface area contributed by atoms with Crippen molar-refractivity contribution in [3.05, 3.63) is 114 Å². The maximum atomic E-state index is 5.95. The van der Waals surface area contributed by atoms with Gasteiger partial charge in [-0.2, -0.15) is 0 Å². The molecule has 4 aromatic rings. The molecular formula is C25H21NO2. The summed E-state index contributed by atoms with van der Waals surface area (Å²) in [7, 11) is 0. The van der Waals surface area contributed by atoms with Crippen molar-refractivity contribution >= 4 is 0 Å². The van der Waals surface area contributed by atoms with E-state index in [2.05, 4.69) is 18.2 Å². The highest BCUT2D eigenvalue weighted by atomic mass is 16.5. The van der Waals surface area contributed by atoms with E-state index in [1.54, 1.807) is 0 Å². The lowest BCUT2D eigenvalue weighted by molar-refractivity contribution is 0.298. The van der Waals surface area contributed by atoms with Gasteiger partial charge in [0.25, 0.3) is 0 Å². The Morgan fingerprint density at radius 3 is 1.68 bits per heavy atom. The monoisotopic (exact) mass is 367 g/mol. The molecule has 1 heterocycles. The van der Waals surface area contributed by atoms with Crippen LogP contribution in [0.2, 0.25) is 0 Å². The Morgan fingerprint density at radius 2 is 1.07 bits per heavy atom. The van der Waals surface area contributed by atoms with Crippen molar-refractivity contribution < 1.29 is 9.47 Å². The molecule has 0 aliphatic rings. The third-order valence-electron chi connectivity index (χ3n) is 4.35. The van der Waals surface area contributed by atoms with Crippen molar-refractivity contribution in [2.75, 3.05) is 0 Å². The topological polar surface area (TPSA) is 31.4 Å². The normalized spacial score (nSPS) is 10.4. The minimum absolute atomic E-state index is 0.420. The van der Waals surface area contributed by atoms with Crippen LogP contribution in [0.4, 0.5) is 0 Å². The van der Waals surface area contributed by atoms with E-state index >= 15 is 0 Å². The lowest BCUT2D eigenvalue weighted by Gasteiger charge is -2.13. The first-order valence-corrected chi connectivity index (χ1v) is 9.28. The summed E-state index contributed by atoms with van der Waals surface area (Å²) in [6.45, 7) is 0.880. The molecule has 138 valence electrons. The lowest BCUT2D eigenvalue weighted by Crippen LogP contribution is -2.04. The highest BCUT2D eigenvalue weighted by Gasteiger charge is 2.10. The Morgan fingerprint density at radius 1 is 0.536 bits per heavy atom. The van der Waals surface area contributed by atoms with E-state index in [0.29, 0.717) is 13.2 Å². The van der Waals surface area contributed by atoms with Crippen molar-refractivity contribution in [2.24, 2.45) is 0 Å². The molecule has 0 spiro atoms. The first-order chi connectivity index (χ1) is 13.9. The van der Waals surface area contributed by atoms with E-state index in [0.717, 1.165) is 34.0 Å². The molecule has 0 saturated carbocycles. The fraction of sp³-hybridized carbons (Fsp3) is 0.0800. The summed E-state index contributed by atoms with van der Waals surface area (Å²) in [6, 6.07) is 33.9. The van der Waals surface area contributed by atoms with E-state index < -0.39 is 0 Å². The van der Waals surface area contributed by atoms with Gasteiger partial charge in [-0.25, -0.2) is 4.98 Å². The van der Waals surface area contributed by atoms with Crippen molar-refractivity contribution in [3.8, 4) is 22.8 Å². The zero-order chi connectivity index (χ0) is 19.0. The fourth-order valence-electron chi connectivity index (χ4n) is 2.92. The number of nitrogens with zero attached hydrogens (tertiary/aromatic N) is 1. The second-order valence-electron chi connectivity index (χ2n) is 6.38. The number of para-hydroxylation sites is 2.